The van der Waals surface area contributed by atoms with Crippen molar-refractivity contribution in [3.05, 3.63) is 30.1 Å². The predicted molar refractivity (Wildman–Crippen MR) is 96.3 cm³/mol. The Kier molecular flexibility index (Phi) is 5.18. The van der Waals surface area contributed by atoms with Crippen LogP contribution in [0.3, 0.4) is 0 Å². The lowest BCUT2D eigenvalue weighted by molar-refractivity contribution is -0.153. The fraction of sp³-hybridized carbons (Fsp3) is 0.579. The maximum Gasteiger partial charge on any atom is 0.321 e. The van der Waals surface area contributed by atoms with Crippen LogP contribution in [0.15, 0.2) is 24.3 Å². The van der Waals surface area contributed by atoms with Gasteiger partial charge in [-0.2, -0.15) is 0 Å². The summed E-state index contributed by atoms with van der Waals surface area (Å²) in [6.45, 7) is 3.20. The SMILES string of the molecule is C[C@H]1CN(C(=O)Nc2ccc(F)cc2)CC[C@]12CC[C@@H](C(=O)N(C)C)O2. The van der Waals surface area contributed by atoms with E-state index in [1.54, 1.807) is 36.0 Å². The highest BCUT2D eigenvalue weighted by Gasteiger charge is 2.49. The fourth-order valence-corrected chi connectivity index (χ4v) is 3.86. The summed E-state index contributed by atoms with van der Waals surface area (Å²) in [6.07, 6.45) is 1.89. The molecule has 3 atom stereocenters. The van der Waals surface area contributed by atoms with E-state index in [1.807, 2.05) is 0 Å². The first-order valence-electron chi connectivity index (χ1n) is 9.01. The number of anilines is 1. The van der Waals surface area contributed by atoms with E-state index < -0.39 is 0 Å². The quantitative estimate of drug-likeness (QED) is 0.879. The smallest absolute Gasteiger partial charge is 0.321 e. The standard InChI is InChI=1S/C19H26FN3O3/c1-13-12-23(18(25)21-15-6-4-14(20)5-7-15)11-10-19(13)9-8-16(26-19)17(24)22(2)3/h4-7,13,16H,8-12H2,1-3H3,(H,21,25)/t13-,16-,19+/m0/s1. The first kappa shape index (κ1) is 18.6. The molecule has 1 aromatic carbocycles. The van der Waals surface area contributed by atoms with Gasteiger partial charge in [0.25, 0.3) is 5.91 Å². The van der Waals surface area contributed by atoms with E-state index in [-0.39, 0.29) is 35.4 Å². The number of amides is 3. The van der Waals surface area contributed by atoms with Crippen molar-refractivity contribution in [2.24, 2.45) is 5.92 Å². The summed E-state index contributed by atoms with van der Waals surface area (Å²) in [5.41, 5.74) is 0.237. The number of piperidine rings is 1. The maximum absolute atomic E-state index is 13.0. The second-order valence-electron chi connectivity index (χ2n) is 7.48. The van der Waals surface area contributed by atoms with Gasteiger partial charge in [0.1, 0.15) is 11.9 Å². The van der Waals surface area contributed by atoms with Crippen LogP contribution in [0.5, 0.6) is 0 Å². The fourth-order valence-electron chi connectivity index (χ4n) is 3.86. The van der Waals surface area contributed by atoms with Crippen LogP contribution in [0, 0.1) is 11.7 Å². The lowest BCUT2D eigenvalue weighted by Crippen LogP contribution is -2.53. The maximum atomic E-state index is 13.0. The summed E-state index contributed by atoms with van der Waals surface area (Å²) in [4.78, 5) is 28.0. The van der Waals surface area contributed by atoms with Crippen molar-refractivity contribution in [1.82, 2.24) is 9.80 Å². The highest BCUT2D eigenvalue weighted by atomic mass is 19.1. The Bertz CT molecular complexity index is 679. The number of likely N-dealkylation sites (N-methyl/N-ethyl adjacent to an activating group) is 1. The van der Waals surface area contributed by atoms with Gasteiger partial charge in [0, 0.05) is 38.8 Å². The number of urea groups is 1. The zero-order chi connectivity index (χ0) is 18.9. The summed E-state index contributed by atoms with van der Waals surface area (Å²) >= 11 is 0. The molecule has 2 fully saturated rings. The normalized spacial score (nSPS) is 28.2. The Morgan fingerprint density at radius 2 is 1.96 bits per heavy atom. The average molecular weight is 363 g/mol. The topological polar surface area (TPSA) is 61.9 Å². The van der Waals surface area contributed by atoms with E-state index in [2.05, 4.69) is 12.2 Å². The van der Waals surface area contributed by atoms with Crippen molar-refractivity contribution in [1.29, 1.82) is 0 Å². The van der Waals surface area contributed by atoms with Crippen molar-refractivity contribution in [3.8, 4) is 0 Å². The summed E-state index contributed by atoms with van der Waals surface area (Å²) < 4.78 is 19.2. The lowest BCUT2D eigenvalue weighted by Gasteiger charge is -2.44. The lowest BCUT2D eigenvalue weighted by atomic mass is 9.80. The second kappa shape index (κ2) is 7.23. The van der Waals surface area contributed by atoms with Crippen LogP contribution in [-0.4, -0.2) is 60.6 Å². The zero-order valence-corrected chi connectivity index (χ0v) is 15.5. The van der Waals surface area contributed by atoms with Gasteiger partial charge in [0.05, 0.1) is 5.60 Å². The predicted octanol–water partition coefficient (Wildman–Crippen LogP) is 2.71. The number of rotatable bonds is 2. The molecule has 1 aromatic rings. The molecular weight excluding hydrogens is 337 g/mol. The van der Waals surface area contributed by atoms with E-state index in [9.17, 15) is 14.0 Å². The summed E-state index contributed by atoms with van der Waals surface area (Å²) in [6, 6.07) is 5.52. The molecule has 2 aliphatic heterocycles. The number of nitrogens with zero attached hydrogens (tertiary/aromatic N) is 2. The van der Waals surface area contributed by atoms with Crippen molar-refractivity contribution >= 4 is 17.6 Å². The van der Waals surface area contributed by atoms with Crippen LogP contribution in [-0.2, 0) is 9.53 Å². The molecule has 0 unspecified atom stereocenters. The number of benzene rings is 1. The van der Waals surface area contributed by atoms with E-state index in [0.717, 1.165) is 12.8 Å². The van der Waals surface area contributed by atoms with Gasteiger partial charge >= 0.3 is 6.03 Å². The summed E-state index contributed by atoms with van der Waals surface area (Å²) in [7, 11) is 3.48. The third-order valence-corrected chi connectivity index (χ3v) is 5.50. The molecule has 0 aliphatic carbocycles. The highest BCUT2D eigenvalue weighted by Crippen LogP contribution is 2.42. The van der Waals surface area contributed by atoms with E-state index in [1.165, 1.54) is 12.1 Å². The van der Waals surface area contributed by atoms with Gasteiger partial charge in [-0.05, 0) is 43.5 Å². The Morgan fingerprint density at radius 1 is 1.27 bits per heavy atom. The third-order valence-electron chi connectivity index (χ3n) is 5.50. The minimum Gasteiger partial charge on any atom is -0.362 e. The van der Waals surface area contributed by atoms with Gasteiger partial charge in [0.2, 0.25) is 0 Å². The second-order valence-corrected chi connectivity index (χ2v) is 7.48. The van der Waals surface area contributed by atoms with E-state index >= 15 is 0 Å². The van der Waals surface area contributed by atoms with Gasteiger partial charge in [-0.3, -0.25) is 4.79 Å². The van der Waals surface area contributed by atoms with Crippen LogP contribution in [0.1, 0.15) is 26.2 Å². The van der Waals surface area contributed by atoms with Gasteiger partial charge in [0.15, 0.2) is 0 Å². The van der Waals surface area contributed by atoms with Crippen LogP contribution >= 0.6 is 0 Å². The van der Waals surface area contributed by atoms with Gasteiger partial charge < -0.3 is 19.9 Å². The molecule has 3 rings (SSSR count). The molecule has 1 N–H and O–H groups in total. The number of carbonyl (C=O) groups is 2. The van der Waals surface area contributed by atoms with Crippen LogP contribution in [0.25, 0.3) is 0 Å². The molecule has 1 spiro atoms. The van der Waals surface area contributed by atoms with Crippen molar-refractivity contribution in [2.45, 2.75) is 37.9 Å². The van der Waals surface area contributed by atoms with Crippen molar-refractivity contribution in [3.63, 3.8) is 0 Å². The van der Waals surface area contributed by atoms with Crippen LogP contribution in [0.2, 0.25) is 0 Å². The van der Waals surface area contributed by atoms with E-state index in [4.69, 9.17) is 4.74 Å². The van der Waals surface area contributed by atoms with Crippen LogP contribution in [0.4, 0.5) is 14.9 Å². The third kappa shape index (κ3) is 3.67. The molecule has 2 aliphatic rings. The molecule has 142 valence electrons. The molecule has 7 heteroatoms. The highest BCUT2D eigenvalue weighted by molar-refractivity contribution is 5.89. The monoisotopic (exact) mass is 363 g/mol. The largest absolute Gasteiger partial charge is 0.362 e. The number of ether oxygens (including phenoxy) is 1. The summed E-state index contributed by atoms with van der Waals surface area (Å²) in [5.74, 6) is -0.197. The molecule has 26 heavy (non-hydrogen) atoms. The molecule has 2 heterocycles. The number of halogens is 1. The summed E-state index contributed by atoms with van der Waals surface area (Å²) in [5, 5.41) is 2.80. The molecule has 2 saturated heterocycles. The van der Waals surface area contributed by atoms with Crippen LogP contribution < -0.4 is 5.32 Å². The minimum absolute atomic E-state index is 0.00515. The molecule has 0 saturated carbocycles. The molecule has 3 amide bonds. The number of hydrogen-bond donors (Lipinski definition) is 1. The number of likely N-dealkylation sites (tertiary alicyclic amines) is 1. The number of nitrogens with one attached hydrogen (secondary N) is 1. The number of hydrogen-bond acceptors (Lipinski definition) is 3. The molecule has 6 nitrogen and oxygen atoms in total. The van der Waals surface area contributed by atoms with E-state index in [0.29, 0.717) is 25.2 Å². The molecule has 0 radical (unpaired) electrons. The minimum atomic E-state index is -0.382. The first-order chi connectivity index (χ1) is 12.3. The van der Waals surface area contributed by atoms with Crippen molar-refractivity contribution < 1.29 is 18.7 Å². The van der Waals surface area contributed by atoms with Gasteiger partial charge in [-0.15, -0.1) is 0 Å². The molecule has 0 bridgehead atoms. The zero-order valence-electron chi connectivity index (χ0n) is 15.5. The van der Waals surface area contributed by atoms with Crippen molar-refractivity contribution in [2.75, 3.05) is 32.5 Å². The Balaban J connectivity index is 1.59. The Hall–Kier alpha value is -2.15. The van der Waals surface area contributed by atoms with Gasteiger partial charge in [-0.25, -0.2) is 9.18 Å². The number of carbonyl (C=O) groups excluding carboxylic acids is 2. The first-order valence-corrected chi connectivity index (χ1v) is 9.01. The molecule has 0 aromatic heterocycles. The molecular formula is C19H26FN3O3. The average Bonchev–Trinajstić information content (AvgIpc) is 3.04. The Labute approximate surface area is 153 Å². The Morgan fingerprint density at radius 3 is 2.58 bits per heavy atom. The van der Waals surface area contributed by atoms with Gasteiger partial charge in [-0.1, -0.05) is 6.92 Å².